The second kappa shape index (κ2) is 7.24. The molecular weight excluding hydrogens is 318 g/mol. The maximum absolute atomic E-state index is 12.5. The summed E-state index contributed by atoms with van der Waals surface area (Å²) in [6.45, 7) is 6.26. The van der Waals surface area contributed by atoms with Crippen LogP contribution >= 0.6 is 0 Å². The van der Waals surface area contributed by atoms with Crippen molar-refractivity contribution >= 4 is 17.6 Å². The summed E-state index contributed by atoms with van der Waals surface area (Å²) in [5.41, 5.74) is -2.44. The molecule has 0 aromatic carbocycles. The Balaban J connectivity index is 3.21. The van der Waals surface area contributed by atoms with Gasteiger partial charge in [-0.3, -0.25) is 24.3 Å². The van der Waals surface area contributed by atoms with Crippen molar-refractivity contribution < 1.29 is 19.6 Å². The van der Waals surface area contributed by atoms with Gasteiger partial charge in [0, 0.05) is 12.1 Å². The summed E-state index contributed by atoms with van der Waals surface area (Å²) in [5.74, 6) is -2.21. The van der Waals surface area contributed by atoms with Crippen LogP contribution in [0.5, 0.6) is 0 Å². The second-order valence-corrected chi connectivity index (χ2v) is 6.09. The third kappa shape index (κ3) is 3.98. The first-order chi connectivity index (χ1) is 11.0. The minimum atomic E-state index is -1.50. The van der Waals surface area contributed by atoms with Crippen molar-refractivity contribution in [1.82, 2.24) is 9.88 Å². The first-order valence-electron chi connectivity index (χ1n) is 7.43. The largest absolute Gasteiger partial charge is 0.480 e. The number of nitro groups is 1. The van der Waals surface area contributed by atoms with E-state index < -0.39 is 33.9 Å². The van der Waals surface area contributed by atoms with Crippen LogP contribution in [0, 0.1) is 16.0 Å². The van der Waals surface area contributed by atoms with E-state index in [2.05, 4.69) is 5.32 Å². The highest BCUT2D eigenvalue weighted by atomic mass is 16.6. The van der Waals surface area contributed by atoms with Gasteiger partial charge in [-0.1, -0.05) is 20.3 Å². The predicted octanol–water partition coefficient (Wildman–Crippen LogP) is 1.11. The van der Waals surface area contributed by atoms with Crippen molar-refractivity contribution in [2.45, 2.75) is 45.7 Å². The summed E-state index contributed by atoms with van der Waals surface area (Å²) in [7, 11) is 0. The van der Waals surface area contributed by atoms with E-state index in [-0.39, 0.29) is 11.6 Å². The van der Waals surface area contributed by atoms with Crippen LogP contribution in [0.4, 0.5) is 5.69 Å². The Morgan fingerprint density at radius 1 is 1.42 bits per heavy atom. The molecule has 0 spiro atoms. The third-order valence-electron chi connectivity index (χ3n) is 4.03. The lowest BCUT2D eigenvalue weighted by Crippen LogP contribution is -2.54. The molecule has 24 heavy (non-hydrogen) atoms. The second-order valence-electron chi connectivity index (χ2n) is 6.09. The lowest BCUT2D eigenvalue weighted by atomic mass is 9.96. The number of nitrogens with zero attached hydrogens (tertiary/aromatic N) is 2. The molecule has 1 aromatic heterocycles. The van der Waals surface area contributed by atoms with E-state index in [4.69, 9.17) is 0 Å². The smallest absolute Gasteiger partial charge is 0.326 e. The van der Waals surface area contributed by atoms with Crippen molar-refractivity contribution in [1.29, 1.82) is 0 Å². The van der Waals surface area contributed by atoms with Gasteiger partial charge in [0.25, 0.3) is 11.2 Å². The number of carboxylic acids is 1. The van der Waals surface area contributed by atoms with Gasteiger partial charge < -0.3 is 10.4 Å². The van der Waals surface area contributed by atoms with Gasteiger partial charge in [0.15, 0.2) is 0 Å². The highest BCUT2D eigenvalue weighted by molar-refractivity contribution is 5.88. The SMILES string of the molecule is CCC(C)C(NC(=O)C(C)(C)n1cc([N+](=O)[O-])ccc1=O)C(=O)O. The Morgan fingerprint density at radius 2 is 2.00 bits per heavy atom. The molecule has 1 rings (SSSR count). The normalized spacial score (nSPS) is 13.8. The quantitative estimate of drug-likeness (QED) is 0.565. The van der Waals surface area contributed by atoms with Crippen LogP contribution in [0.2, 0.25) is 0 Å². The van der Waals surface area contributed by atoms with E-state index in [0.29, 0.717) is 6.42 Å². The minimum Gasteiger partial charge on any atom is -0.480 e. The van der Waals surface area contributed by atoms with Gasteiger partial charge in [0.1, 0.15) is 11.6 Å². The van der Waals surface area contributed by atoms with Gasteiger partial charge in [0.05, 0.1) is 11.1 Å². The zero-order valence-electron chi connectivity index (χ0n) is 14.0. The Kier molecular flexibility index (Phi) is 5.83. The number of carboxylic acid groups (broad SMARTS) is 1. The molecule has 0 aliphatic carbocycles. The number of aliphatic carboxylic acids is 1. The lowest BCUT2D eigenvalue weighted by Gasteiger charge is -2.29. The first-order valence-corrected chi connectivity index (χ1v) is 7.43. The Bertz CT molecular complexity index is 709. The monoisotopic (exact) mass is 339 g/mol. The van der Waals surface area contributed by atoms with Crippen molar-refractivity contribution in [2.24, 2.45) is 5.92 Å². The number of nitrogens with one attached hydrogen (secondary N) is 1. The number of rotatable bonds is 7. The summed E-state index contributed by atoms with van der Waals surface area (Å²) in [6, 6.07) is 0.930. The van der Waals surface area contributed by atoms with Crippen molar-refractivity contribution in [3.63, 3.8) is 0 Å². The van der Waals surface area contributed by atoms with E-state index in [9.17, 15) is 29.6 Å². The van der Waals surface area contributed by atoms with Crippen LogP contribution < -0.4 is 10.9 Å². The molecule has 1 aromatic rings. The minimum absolute atomic E-state index is 0.316. The Morgan fingerprint density at radius 3 is 2.46 bits per heavy atom. The molecule has 9 nitrogen and oxygen atoms in total. The van der Waals surface area contributed by atoms with Crippen LogP contribution in [-0.4, -0.2) is 32.5 Å². The molecule has 9 heteroatoms. The molecule has 0 aliphatic heterocycles. The molecule has 0 saturated carbocycles. The summed E-state index contributed by atoms with van der Waals surface area (Å²) < 4.78 is 0.927. The van der Waals surface area contributed by atoms with Gasteiger partial charge in [-0.2, -0.15) is 0 Å². The highest BCUT2D eigenvalue weighted by Gasteiger charge is 2.35. The van der Waals surface area contributed by atoms with Gasteiger partial charge in [-0.25, -0.2) is 4.79 Å². The van der Waals surface area contributed by atoms with Gasteiger partial charge >= 0.3 is 5.97 Å². The van der Waals surface area contributed by atoms with E-state index in [1.165, 1.54) is 13.8 Å². The maximum Gasteiger partial charge on any atom is 0.326 e. The molecule has 0 aliphatic rings. The molecule has 1 amide bonds. The number of pyridine rings is 1. The predicted molar refractivity (Wildman–Crippen MR) is 85.7 cm³/mol. The zero-order valence-corrected chi connectivity index (χ0v) is 14.0. The van der Waals surface area contributed by atoms with E-state index in [1.54, 1.807) is 13.8 Å². The Labute approximate surface area is 138 Å². The van der Waals surface area contributed by atoms with E-state index in [0.717, 1.165) is 22.9 Å². The molecule has 132 valence electrons. The number of carbonyl (C=O) groups excluding carboxylic acids is 1. The van der Waals surface area contributed by atoms with E-state index >= 15 is 0 Å². The molecule has 1 heterocycles. The summed E-state index contributed by atoms with van der Waals surface area (Å²) in [5, 5.41) is 22.5. The zero-order chi connectivity index (χ0) is 18.7. The molecular formula is C15H21N3O6. The van der Waals surface area contributed by atoms with Crippen LogP contribution in [-0.2, 0) is 15.1 Å². The number of hydrogen-bond acceptors (Lipinski definition) is 5. The van der Waals surface area contributed by atoms with Gasteiger partial charge in [-0.05, 0) is 19.8 Å². The Hall–Kier alpha value is -2.71. The fraction of sp³-hybridized carbons (Fsp3) is 0.533. The molecule has 2 N–H and O–H groups in total. The topological polar surface area (TPSA) is 132 Å². The number of carbonyl (C=O) groups is 2. The highest BCUT2D eigenvalue weighted by Crippen LogP contribution is 2.18. The van der Waals surface area contributed by atoms with Crippen LogP contribution in [0.3, 0.4) is 0 Å². The maximum atomic E-state index is 12.5. The van der Waals surface area contributed by atoms with Gasteiger partial charge in [-0.15, -0.1) is 0 Å². The fourth-order valence-corrected chi connectivity index (χ4v) is 2.13. The molecule has 0 bridgehead atoms. The summed E-state index contributed by atoms with van der Waals surface area (Å²) in [6.07, 6.45) is 1.51. The fourth-order valence-electron chi connectivity index (χ4n) is 2.13. The average Bonchev–Trinajstić information content (AvgIpc) is 2.51. The van der Waals surface area contributed by atoms with Crippen LogP contribution in [0.25, 0.3) is 0 Å². The van der Waals surface area contributed by atoms with Crippen LogP contribution in [0.1, 0.15) is 34.1 Å². The van der Waals surface area contributed by atoms with Crippen molar-refractivity contribution in [3.8, 4) is 0 Å². The van der Waals surface area contributed by atoms with Crippen molar-refractivity contribution in [2.75, 3.05) is 0 Å². The molecule has 2 unspecified atom stereocenters. The summed E-state index contributed by atoms with van der Waals surface area (Å²) >= 11 is 0. The molecule has 2 atom stereocenters. The number of amides is 1. The first kappa shape index (κ1) is 19.3. The molecule has 0 saturated heterocycles. The van der Waals surface area contributed by atoms with Crippen molar-refractivity contribution in [3.05, 3.63) is 38.8 Å². The van der Waals surface area contributed by atoms with Crippen LogP contribution in [0.15, 0.2) is 23.1 Å². The van der Waals surface area contributed by atoms with E-state index in [1.807, 2.05) is 0 Å². The van der Waals surface area contributed by atoms with Gasteiger partial charge in [0.2, 0.25) is 5.91 Å². The third-order valence-corrected chi connectivity index (χ3v) is 4.03. The number of aromatic nitrogens is 1. The molecule has 0 fully saturated rings. The lowest BCUT2D eigenvalue weighted by molar-refractivity contribution is -0.385. The number of hydrogen-bond donors (Lipinski definition) is 2. The molecule has 0 radical (unpaired) electrons. The average molecular weight is 339 g/mol. The standard InChI is InChI=1S/C15H21N3O6/c1-5-9(2)12(13(20)21)16-14(22)15(3,4)17-8-10(18(23)24)6-7-11(17)19/h6-9,12H,5H2,1-4H3,(H,16,22)(H,20,21). The summed E-state index contributed by atoms with van der Waals surface area (Å²) in [4.78, 5) is 46.1.